The van der Waals surface area contributed by atoms with Crippen molar-refractivity contribution in [3.05, 3.63) is 91.6 Å². The van der Waals surface area contributed by atoms with Crippen LogP contribution >= 0.6 is 34.4 Å². The Kier molecular flexibility index (Phi) is 8.49. The first-order chi connectivity index (χ1) is 17.7. The number of rotatable bonds is 8. The van der Waals surface area contributed by atoms with Gasteiger partial charge in [-0.3, -0.25) is 19.3 Å². The molecule has 0 atom stereocenters. The normalized spacial score (nSPS) is 14.3. The van der Waals surface area contributed by atoms with Crippen molar-refractivity contribution in [1.29, 1.82) is 0 Å². The molecule has 1 aliphatic rings. The second-order valence-corrected chi connectivity index (χ2v) is 10.3. The molecule has 3 aromatic carbocycles. The molecule has 4 rings (SSSR count). The van der Waals surface area contributed by atoms with Gasteiger partial charge in [-0.05, 0) is 94.9 Å². The molecule has 190 valence electrons. The minimum atomic E-state index is -0.571. The molecule has 1 aliphatic heterocycles. The highest BCUT2D eigenvalue weighted by Gasteiger charge is 2.36. The number of thioether (sulfide) groups is 1. The Morgan fingerprint density at radius 1 is 1.11 bits per heavy atom. The van der Waals surface area contributed by atoms with Crippen LogP contribution in [0.1, 0.15) is 16.7 Å². The quantitative estimate of drug-likeness (QED) is 0.242. The molecule has 0 radical (unpaired) electrons. The van der Waals surface area contributed by atoms with Crippen LogP contribution in [0.25, 0.3) is 6.08 Å². The summed E-state index contributed by atoms with van der Waals surface area (Å²) in [4.78, 5) is 38.7. The summed E-state index contributed by atoms with van der Waals surface area (Å²) in [5.41, 5.74) is 3.19. The molecule has 7 nitrogen and oxygen atoms in total. The molecule has 0 spiro atoms. The van der Waals surface area contributed by atoms with Gasteiger partial charge in [0, 0.05) is 5.69 Å². The van der Waals surface area contributed by atoms with E-state index in [9.17, 15) is 18.8 Å². The number of nitrogens with zero attached hydrogens (tertiary/aromatic N) is 1. The third kappa shape index (κ3) is 6.69. The van der Waals surface area contributed by atoms with Gasteiger partial charge in [0.15, 0.2) is 11.5 Å². The molecule has 1 heterocycles. The van der Waals surface area contributed by atoms with Crippen LogP contribution in [0.15, 0.2) is 65.6 Å². The van der Waals surface area contributed by atoms with E-state index < -0.39 is 29.4 Å². The van der Waals surface area contributed by atoms with Gasteiger partial charge >= 0.3 is 0 Å². The lowest BCUT2D eigenvalue weighted by Crippen LogP contribution is -2.36. The number of aryl methyl sites for hydroxylation is 1. The number of nitrogens with one attached hydrogen (secondary N) is 1. The van der Waals surface area contributed by atoms with Crippen molar-refractivity contribution in [2.75, 3.05) is 19.0 Å². The Labute approximate surface area is 231 Å². The van der Waals surface area contributed by atoms with Crippen molar-refractivity contribution in [2.24, 2.45) is 0 Å². The van der Waals surface area contributed by atoms with Gasteiger partial charge in [0.1, 0.15) is 19.0 Å². The number of ether oxygens (including phenoxy) is 2. The first kappa shape index (κ1) is 26.7. The Morgan fingerprint density at radius 3 is 2.49 bits per heavy atom. The van der Waals surface area contributed by atoms with Gasteiger partial charge in [0.05, 0.1) is 15.6 Å². The zero-order valence-corrected chi connectivity index (χ0v) is 22.9. The summed E-state index contributed by atoms with van der Waals surface area (Å²) in [6.45, 7) is 1.93. The maximum atomic E-state index is 13.1. The number of halogens is 2. The summed E-state index contributed by atoms with van der Waals surface area (Å²) in [5.74, 6) is -0.514. The lowest BCUT2D eigenvalue weighted by atomic mass is 10.1. The molecular weight excluding hydrogens is 610 g/mol. The molecule has 0 aromatic heterocycles. The van der Waals surface area contributed by atoms with Gasteiger partial charge in [-0.15, -0.1) is 0 Å². The lowest BCUT2D eigenvalue weighted by molar-refractivity contribution is -0.127. The SMILES string of the molecule is COc1cc(/C=C2\SC(=O)N(CC(=O)Nc3ccc(F)cc3)C2=O)cc(I)c1OCc1ccc(C)cc1. The second-order valence-electron chi connectivity index (χ2n) is 8.13. The van der Waals surface area contributed by atoms with Gasteiger partial charge in [-0.25, -0.2) is 4.39 Å². The molecule has 37 heavy (non-hydrogen) atoms. The monoisotopic (exact) mass is 632 g/mol. The smallest absolute Gasteiger partial charge is 0.294 e. The third-order valence-electron chi connectivity index (χ3n) is 5.36. The van der Waals surface area contributed by atoms with Crippen molar-refractivity contribution >= 4 is 63.2 Å². The summed E-state index contributed by atoms with van der Waals surface area (Å²) in [6.07, 6.45) is 1.58. The van der Waals surface area contributed by atoms with Crippen LogP contribution in [0.5, 0.6) is 11.5 Å². The molecule has 0 bridgehead atoms. The molecule has 1 saturated heterocycles. The van der Waals surface area contributed by atoms with Crippen molar-refractivity contribution in [2.45, 2.75) is 13.5 Å². The topological polar surface area (TPSA) is 84.9 Å². The van der Waals surface area contributed by atoms with Crippen molar-refractivity contribution < 1.29 is 28.2 Å². The van der Waals surface area contributed by atoms with E-state index in [1.165, 1.54) is 31.4 Å². The molecule has 0 aliphatic carbocycles. The van der Waals surface area contributed by atoms with Crippen LogP contribution in [0, 0.1) is 16.3 Å². The van der Waals surface area contributed by atoms with Crippen molar-refractivity contribution in [3.8, 4) is 11.5 Å². The van der Waals surface area contributed by atoms with E-state index in [1.54, 1.807) is 12.1 Å². The fourth-order valence-electron chi connectivity index (χ4n) is 3.47. The van der Waals surface area contributed by atoms with Crippen molar-refractivity contribution in [3.63, 3.8) is 0 Å². The largest absolute Gasteiger partial charge is 0.493 e. The number of methoxy groups -OCH3 is 1. The fourth-order valence-corrected chi connectivity index (χ4v) is 5.09. The van der Waals surface area contributed by atoms with Crippen LogP contribution in [0.4, 0.5) is 14.9 Å². The Hall–Kier alpha value is -3.38. The molecule has 3 aromatic rings. The summed E-state index contributed by atoms with van der Waals surface area (Å²) in [5, 5.41) is 1.99. The molecular formula is C27H22FIN2O5S. The van der Waals surface area contributed by atoms with Crippen LogP contribution in [0.3, 0.4) is 0 Å². The van der Waals surface area contributed by atoms with Crippen molar-refractivity contribution in [1.82, 2.24) is 4.90 Å². The molecule has 10 heteroatoms. The Bertz CT molecular complexity index is 1380. The van der Waals surface area contributed by atoms with E-state index >= 15 is 0 Å². The van der Waals surface area contributed by atoms with E-state index in [0.29, 0.717) is 29.4 Å². The van der Waals surface area contributed by atoms with E-state index in [-0.39, 0.29) is 4.91 Å². The second kappa shape index (κ2) is 11.8. The highest BCUT2D eigenvalue weighted by molar-refractivity contribution is 14.1. The van der Waals surface area contributed by atoms with Crippen LogP contribution in [-0.2, 0) is 16.2 Å². The number of imide groups is 1. The highest BCUT2D eigenvalue weighted by Crippen LogP contribution is 2.37. The zero-order valence-electron chi connectivity index (χ0n) is 19.9. The Balaban J connectivity index is 1.46. The first-order valence-electron chi connectivity index (χ1n) is 11.1. The van der Waals surface area contributed by atoms with Gasteiger partial charge in [-0.1, -0.05) is 29.8 Å². The average Bonchev–Trinajstić information content (AvgIpc) is 3.12. The number of carbonyl (C=O) groups excluding carboxylic acids is 3. The Morgan fingerprint density at radius 2 is 1.81 bits per heavy atom. The number of hydrogen-bond acceptors (Lipinski definition) is 6. The maximum absolute atomic E-state index is 13.1. The minimum Gasteiger partial charge on any atom is -0.493 e. The number of benzene rings is 3. The summed E-state index contributed by atoms with van der Waals surface area (Å²) in [6, 6.07) is 16.8. The zero-order chi connectivity index (χ0) is 26.5. The third-order valence-corrected chi connectivity index (χ3v) is 7.07. The number of carbonyl (C=O) groups is 3. The minimum absolute atomic E-state index is 0.186. The summed E-state index contributed by atoms with van der Waals surface area (Å²) >= 11 is 2.89. The van der Waals surface area contributed by atoms with E-state index in [2.05, 4.69) is 27.9 Å². The molecule has 1 N–H and O–H groups in total. The number of hydrogen-bond donors (Lipinski definition) is 1. The van der Waals surface area contributed by atoms with Gasteiger partial charge in [-0.2, -0.15) is 0 Å². The van der Waals surface area contributed by atoms with E-state index in [1.807, 2.05) is 37.3 Å². The molecule has 0 saturated carbocycles. The fraction of sp³-hybridized carbons (Fsp3) is 0.148. The average molecular weight is 632 g/mol. The van der Waals surface area contributed by atoms with E-state index in [4.69, 9.17) is 9.47 Å². The number of amides is 3. The lowest BCUT2D eigenvalue weighted by Gasteiger charge is -2.14. The first-order valence-corrected chi connectivity index (χ1v) is 13.0. The van der Waals surface area contributed by atoms with Crippen LogP contribution in [0.2, 0.25) is 0 Å². The molecule has 1 fully saturated rings. The molecule has 0 unspecified atom stereocenters. The maximum Gasteiger partial charge on any atom is 0.294 e. The van der Waals surface area contributed by atoms with Crippen LogP contribution < -0.4 is 14.8 Å². The summed E-state index contributed by atoms with van der Waals surface area (Å²) < 4.78 is 25.4. The predicted molar refractivity (Wildman–Crippen MR) is 149 cm³/mol. The standard InChI is InChI=1S/C27H22FIN2O5S/c1-16-3-5-17(6-4-16)15-36-25-21(29)11-18(12-22(25)35-2)13-23-26(33)31(27(34)37-23)14-24(32)30-20-9-7-19(28)8-10-20/h3-13H,14-15H2,1-2H3,(H,30,32)/b23-13-. The summed E-state index contributed by atoms with van der Waals surface area (Å²) in [7, 11) is 1.53. The van der Waals surface area contributed by atoms with Gasteiger partial charge in [0.25, 0.3) is 11.1 Å². The number of anilines is 1. The van der Waals surface area contributed by atoms with Gasteiger partial charge in [0.2, 0.25) is 5.91 Å². The van der Waals surface area contributed by atoms with Gasteiger partial charge < -0.3 is 14.8 Å². The van der Waals surface area contributed by atoms with E-state index in [0.717, 1.165) is 31.4 Å². The predicted octanol–water partition coefficient (Wildman–Crippen LogP) is 6.00. The van der Waals surface area contributed by atoms with Crippen LogP contribution in [-0.4, -0.2) is 35.6 Å². The highest BCUT2D eigenvalue weighted by atomic mass is 127. The molecule has 3 amide bonds.